The van der Waals surface area contributed by atoms with Gasteiger partial charge >= 0.3 is 23.5 Å². The van der Waals surface area contributed by atoms with Crippen LogP contribution >= 0.6 is 35.2 Å². The Morgan fingerprint density at radius 2 is 1.66 bits per heavy atom. The van der Waals surface area contributed by atoms with Crippen LogP contribution in [0.2, 0.25) is 0 Å². The van der Waals surface area contributed by atoms with Gasteiger partial charge in [0.2, 0.25) is 11.8 Å². The van der Waals surface area contributed by atoms with Gasteiger partial charge in [-0.3, -0.25) is 32.5 Å². The third-order valence-corrected chi connectivity index (χ3v) is 13.6. The van der Waals surface area contributed by atoms with E-state index in [-0.39, 0.29) is 41.6 Å². The molecule has 0 aromatic carbocycles. The Labute approximate surface area is 356 Å². The van der Waals surface area contributed by atoms with Crippen molar-refractivity contribution in [2.75, 3.05) is 37.8 Å². The van der Waals surface area contributed by atoms with Gasteiger partial charge in [-0.25, -0.2) is 28.6 Å². The first-order valence-corrected chi connectivity index (χ1v) is 25.0. The Bertz CT molecular complexity index is 1910. The van der Waals surface area contributed by atoms with Crippen LogP contribution in [0.1, 0.15) is 91.7 Å². The van der Waals surface area contributed by atoms with Gasteiger partial charge in [-0.05, 0) is 12.3 Å². The quantitative estimate of drug-likeness (QED) is 0.0437. The number of anilines is 1. The summed E-state index contributed by atoms with van der Waals surface area (Å²) >= 11 is 1.15. The van der Waals surface area contributed by atoms with E-state index in [1.165, 1.54) is 39.5 Å². The summed E-state index contributed by atoms with van der Waals surface area (Å²) in [6.45, 7) is 5.02. The highest BCUT2D eigenvalue weighted by Crippen LogP contribution is 2.61. The number of nitrogen functional groups attached to an aromatic ring is 1. The first kappa shape index (κ1) is 52.9. The number of thioether (sulfide) groups is 1. The minimum Gasteiger partial charge on any atom is -0.386 e. The van der Waals surface area contributed by atoms with Gasteiger partial charge in [-0.15, -0.1) is 0 Å². The number of carbonyl (C=O) groups excluding carboxylic acids is 3. The van der Waals surface area contributed by atoms with E-state index in [9.17, 15) is 57.9 Å². The van der Waals surface area contributed by atoms with E-state index in [1.54, 1.807) is 0 Å². The monoisotopic (exact) mass is 949 g/mol. The number of nitrogens with two attached hydrogens (primary N) is 1. The Hall–Kier alpha value is -2.44. The molecule has 0 spiro atoms. The van der Waals surface area contributed by atoms with Gasteiger partial charge in [0.15, 0.2) is 22.8 Å². The number of hydrogen-bond acceptors (Lipinski definition) is 18. The highest BCUT2D eigenvalue weighted by molar-refractivity contribution is 8.13. The van der Waals surface area contributed by atoms with E-state index in [0.717, 1.165) is 54.2 Å². The van der Waals surface area contributed by atoms with Crippen LogP contribution in [0.4, 0.5) is 5.82 Å². The second-order valence-corrected chi connectivity index (χ2v) is 20.5. The van der Waals surface area contributed by atoms with Crippen LogP contribution in [0.15, 0.2) is 12.7 Å². The maximum atomic E-state index is 12.7. The number of rotatable bonds is 28. The SMILES string of the molecule is CCC(C)CCCCCCCC(=O)SCCNC(=O)CCNC(=O)C(O)C(C)(C)COP(=O)(O)OP(=O)(O)OCC1OC(n2cnc3c(N)ncnc32)C(O)C1OP(=O)(O)O. The number of ether oxygens (including phenoxy) is 1. The van der Waals surface area contributed by atoms with E-state index in [0.29, 0.717) is 12.2 Å². The fourth-order valence-electron chi connectivity index (χ4n) is 5.86. The number of aliphatic hydroxyl groups is 2. The smallest absolute Gasteiger partial charge is 0.386 e. The molecule has 0 aliphatic carbocycles. The van der Waals surface area contributed by atoms with Gasteiger partial charge in [0.1, 0.15) is 36.3 Å². The van der Waals surface area contributed by atoms with Crippen molar-refractivity contribution in [3.8, 4) is 0 Å². The molecule has 2 aromatic rings. The fourth-order valence-corrected chi connectivity index (χ4v) is 9.41. The molecule has 3 rings (SSSR count). The average Bonchev–Trinajstić information content (AvgIpc) is 3.73. The summed E-state index contributed by atoms with van der Waals surface area (Å²) in [5, 5.41) is 26.6. The molecule has 0 bridgehead atoms. The molecule has 61 heavy (non-hydrogen) atoms. The van der Waals surface area contributed by atoms with Crippen molar-refractivity contribution in [1.82, 2.24) is 30.2 Å². The lowest BCUT2D eigenvalue weighted by Crippen LogP contribution is -2.46. The molecule has 10 N–H and O–H groups in total. The number of hydrogen-bond donors (Lipinski definition) is 9. The highest BCUT2D eigenvalue weighted by Gasteiger charge is 2.50. The molecule has 1 saturated heterocycles. The van der Waals surface area contributed by atoms with Gasteiger partial charge in [0.25, 0.3) is 0 Å². The van der Waals surface area contributed by atoms with Crippen molar-refractivity contribution in [3.05, 3.63) is 12.7 Å². The summed E-state index contributed by atoms with van der Waals surface area (Å²) in [5.41, 5.74) is 4.28. The summed E-state index contributed by atoms with van der Waals surface area (Å²) in [4.78, 5) is 88.0. The number of imidazole rings is 1. The van der Waals surface area contributed by atoms with Crippen LogP contribution < -0.4 is 16.4 Å². The number of aliphatic hydroxyl groups excluding tert-OH is 2. The van der Waals surface area contributed by atoms with Crippen molar-refractivity contribution in [2.24, 2.45) is 11.3 Å². The molecular formula is C33H58N7O17P3S. The van der Waals surface area contributed by atoms with E-state index >= 15 is 0 Å². The molecular weight excluding hydrogens is 891 g/mol. The standard InChI is InChI=1S/C33H58N7O17P3S/c1-5-21(2)11-9-7-6-8-10-12-24(42)61-16-15-35-23(41)13-14-36-31(45)28(44)33(3,4)18-54-60(51,52)57-59(49,50)53-17-22-27(56-58(46,47)48)26(43)32(55-22)40-20-39-25-29(34)37-19-38-30(25)40/h19-22,26-28,32,43-44H,5-18H2,1-4H3,(H,35,41)(H,36,45)(H,49,50)(H,51,52)(H2,34,37,38)(H2,46,47,48). The molecule has 2 aromatic heterocycles. The molecule has 1 fully saturated rings. The number of phosphoric ester groups is 3. The summed E-state index contributed by atoms with van der Waals surface area (Å²) in [6.07, 6.45) is 1.35. The zero-order valence-electron chi connectivity index (χ0n) is 34.3. The fraction of sp³-hybridized carbons (Fsp3) is 0.758. The second kappa shape index (κ2) is 24.0. The summed E-state index contributed by atoms with van der Waals surface area (Å²) in [5.74, 6) is -0.281. The lowest BCUT2D eigenvalue weighted by atomic mass is 9.87. The largest absolute Gasteiger partial charge is 0.481 e. The van der Waals surface area contributed by atoms with Crippen LogP contribution in [0.25, 0.3) is 11.2 Å². The van der Waals surface area contributed by atoms with Crippen LogP contribution in [-0.4, -0.2) is 123 Å². The third kappa shape index (κ3) is 17.9. The molecule has 0 radical (unpaired) electrons. The second-order valence-electron chi connectivity index (χ2n) is 15.1. The maximum absolute atomic E-state index is 12.7. The zero-order valence-corrected chi connectivity index (χ0v) is 37.8. The molecule has 8 unspecified atom stereocenters. The Kier molecular flexibility index (Phi) is 20.8. The lowest BCUT2D eigenvalue weighted by Gasteiger charge is -2.30. The van der Waals surface area contributed by atoms with Crippen molar-refractivity contribution >= 4 is 69.1 Å². The normalized spacial score (nSPS) is 21.4. The molecule has 348 valence electrons. The van der Waals surface area contributed by atoms with Gasteiger partial charge in [-0.2, -0.15) is 4.31 Å². The molecule has 28 heteroatoms. The van der Waals surface area contributed by atoms with E-state index < -0.39 is 84.6 Å². The molecule has 24 nitrogen and oxygen atoms in total. The number of amides is 2. The predicted octanol–water partition coefficient (Wildman–Crippen LogP) is 2.44. The summed E-state index contributed by atoms with van der Waals surface area (Å²) in [6, 6.07) is 0. The van der Waals surface area contributed by atoms with E-state index in [4.69, 9.17) is 19.5 Å². The highest BCUT2D eigenvalue weighted by atomic mass is 32.2. The van der Waals surface area contributed by atoms with Gasteiger partial charge in [-0.1, -0.05) is 78.0 Å². The minimum absolute atomic E-state index is 0.0329. The zero-order chi connectivity index (χ0) is 45.6. The van der Waals surface area contributed by atoms with Crippen LogP contribution in [0.3, 0.4) is 0 Å². The average molecular weight is 950 g/mol. The Balaban J connectivity index is 1.39. The topological polar surface area (TPSA) is 364 Å². The predicted molar refractivity (Wildman–Crippen MR) is 219 cm³/mol. The summed E-state index contributed by atoms with van der Waals surface area (Å²) in [7, 11) is -16.4. The van der Waals surface area contributed by atoms with Crippen LogP contribution in [-0.2, 0) is 50.7 Å². The van der Waals surface area contributed by atoms with Gasteiger partial charge < -0.3 is 50.9 Å². The van der Waals surface area contributed by atoms with Gasteiger partial charge in [0, 0.05) is 37.1 Å². The molecule has 0 saturated carbocycles. The number of nitrogens with zero attached hydrogens (tertiary/aromatic N) is 4. The van der Waals surface area contributed by atoms with Crippen molar-refractivity contribution < 1.29 is 80.5 Å². The number of aromatic nitrogens is 4. The molecule has 3 heterocycles. The number of nitrogens with one attached hydrogen (secondary N) is 2. The number of carbonyl (C=O) groups is 3. The number of phosphoric acid groups is 3. The first-order chi connectivity index (χ1) is 28.4. The Morgan fingerprint density at radius 1 is 0.984 bits per heavy atom. The van der Waals surface area contributed by atoms with Gasteiger partial charge in [0.05, 0.1) is 19.5 Å². The van der Waals surface area contributed by atoms with Crippen LogP contribution in [0.5, 0.6) is 0 Å². The third-order valence-electron chi connectivity index (χ3n) is 9.54. The first-order valence-electron chi connectivity index (χ1n) is 19.5. The van der Waals surface area contributed by atoms with Crippen molar-refractivity contribution in [3.63, 3.8) is 0 Å². The summed E-state index contributed by atoms with van der Waals surface area (Å²) < 4.78 is 62.3. The van der Waals surface area contributed by atoms with Crippen molar-refractivity contribution in [1.29, 1.82) is 0 Å². The number of fused-ring (bicyclic) bond motifs is 1. The lowest BCUT2D eigenvalue weighted by molar-refractivity contribution is -0.137. The van der Waals surface area contributed by atoms with E-state index in [2.05, 4.69) is 48.3 Å². The van der Waals surface area contributed by atoms with Crippen molar-refractivity contribution in [2.45, 2.75) is 116 Å². The molecule has 1 aliphatic rings. The minimum atomic E-state index is -5.57. The number of unbranched alkanes of at least 4 members (excludes halogenated alkanes) is 4. The van der Waals surface area contributed by atoms with E-state index in [1.807, 2.05) is 0 Å². The van der Waals surface area contributed by atoms with Crippen LogP contribution in [0, 0.1) is 11.3 Å². The molecule has 2 amide bonds. The molecule has 1 aliphatic heterocycles. The Morgan fingerprint density at radius 3 is 2.34 bits per heavy atom. The maximum Gasteiger partial charge on any atom is 0.481 e. The molecule has 8 atom stereocenters.